The van der Waals surface area contributed by atoms with E-state index in [0.29, 0.717) is 11.6 Å². The van der Waals surface area contributed by atoms with Crippen molar-refractivity contribution in [1.29, 1.82) is 0 Å². The molecule has 3 heterocycles. The normalized spacial score (nSPS) is 19.7. The lowest BCUT2D eigenvalue weighted by atomic mass is 10.0. The van der Waals surface area contributed by atoms with Crippen molar-refractivity contribution in [1.82, 2.24) is 19.9 Å². The van der Waals surface area contributed by atoms with Gasteiger partial charge in [0.15, 0.2) is 11.5 Å². The number of aromatic amines is 1. The fourth-order valence-corrected chi connectivity index (χ4v) is 2.54. The number of aromatic nitrogens is 4. The van der Waals surface area contributed by atoms with E-state index in [9.17, 15) is 0 Å². The third-order valence-corrected chi connectivity index (χ3v) is 3.43. The lowest BCUT2D eigenvalue weighted by Gasteiger charge is -2.27. The highest BCUT2D eigenvalue weighted by molar-refractivity contribution is 5.83. The van der Waals surface area contributed by atoms with Crippen LogP contribution in [0.4, 0.5) is 11.8 Å². The highest BCUT2D eigenvalue weighted by atomic mass is 16.5. The number of anilines is 2. The molecule has 19 heavy (non-hydrogen) atoms. The zero-order valence-corrected chi connectivity index (χ0v) is 11.0. The van der Waals surface area contributed by atoms with Crippen LogP contribution >= 0.6 is 0 Å². The Morgan fingerprint density at radius 1 is 1.53 bits per heavy atom. The molecule has 2 aromatic rings. The molecule has 0 bridgehead atoms. The Bertz CT molecular complexity index is 562. The van der Waals surface area contributed by atoms with Crippen LogP contribution in [-0.4, -0.2) is 46.7 Å². The lowest BCUT2D eigenvalue weighted by Crippen LogP contribution is -2.31. The summed E-state index contributed by atoms with van der Waals surface area (Å²) in [7, 11) is 2.01. The van der Waals surface area contributed by atoms with Gasteiger partial charge >= 0.3 is 0 Å². The summed E-state index contributed by atoms with van der Waals surface area (Å²) in [6, 6.07) is 0. The van der Waals surface area contributed by atoms with Gasteiger partial charge in [0.2, 0.25) is 5.95 Å². The summed E-state index contributed by atoms with van der Waals surface area (Å²) in [6.07, 6.45) is 3.93. The average molecular weight is 262 g/mol. The fraction of sp³-hybridized carbons (Fsp3) is 0.583. The second kappa shape index (κ2) is 5.00. The minimum absolute atomic E-state index is 0.251. The van der Waals surface area contributed by atoms with Gasteiger partial charge in [0.25, 0.3) is 0 Å². The van der Waals surface area contributed by atoms with Crippen molar-refractivity contribution < 1.29 is 4.74 Å². The van der Waals surface area contributed by atoms with E-state index in [-0.39, 0.29) is 5.95 Å². The number of nitrogens with zero attached hydrogens (tertiary/aromatic N) is 4. The lowest BCUT2D eigenvalue weighted by molar-refractivity contribution is 0.0576. The molecule has 0 aromatic carbocycles. The number of hydrogen-bond donors (Lipinski definition) is 2. The molecule has 0 aliphatic carbocycles. The Hall–Kier alpha value is -1.89. The maximum Gasteiger partial charge on any atom is 0.224 e. The first-order valence-corrected chi connectivity index (χ1v) is 6.49. The molecule has 102 valence electrons. The van der Waals surface area contributed by atoms with Crippen LogP contribution in [0.2, 0.25) is 0 Å². The van der Waals surface area contributed by atoms with E-state index in [4.69, 9.17) is 10.5 Å². The van der Waals surface area contributed by atoms with E-state index < -0.39 is 0 Å². The highest BCUT2D eigenvalue weighted by Crippen LogP contribution is 2.23. The van der Waals surface area contributed by atoms with E-state index >= 15 is 0 Å². The smallest absolute Gasteiger partial charge is 0.224 e. The van der Waals surface area contributed by atoms with Gasteiger partial charge in [-0.25, -0.2) is 4.98 Å². The summed E-state index contributed by atoms with van der Waals surface area (Å²) >= 11 is 0. The molecular formula is C12H18N6O. The van der Waals surface area contributed by atoms with Crippen LogP contribution in [0, 0.1) is 5.92 Å². The largest absolute Gasteiger partial charge is 0.381 e. The zero-order valence-electron chi connectivity index (χ0n) is 11.0. The van der Waals surface area contributed by atoms with E-state index in [1.807, 2.05) is 7.05 Å². The highest BCUT2D eigenvalue weighted by Gasteiger charge is 2.19. The van der Waals surface area contributed by atoms with Crippen molar-refractivity contribution >= 4 is 22.9 Å². The molecule has 2 aromatic heterocycles. The number of nitrogen functional groups attached to an aromatic ring is 1. The van der Waals surface area contributed by atoms with Gasteiger partial charge in [-0.2, -0.15) is 9.97 Å². The van der Waals surface area contributed by atoms with E-state index in [1.54, 1.807) is 6.33 Å². The third kappa shape index (κ3) is 2.46. The molecule has 1 aliphatic heterocycles. The average Bonchev–Trinajstić information content (AvgIpc) is 2.86. The number of fused-ring (bicyclic) bond motifs is 1. The van der Waals surface area contributed by atoms with Crippen LogP contribution in [0.1, 0.15) is 12.8 Å². The van der Waals surface area contributed by atoms with Crippen molar-refractivity contribution in [2.75, 3.05) is 37.4 Å². The molecule has 1 fully saturated rings. The summed E-state index contributed by atoms with van der Waals surface area (Å²) < 4.78 is 5.51. The zero-order chi connectivity index (χ0) is 13.2. The Labute approximate surface area is 111 Å². The summed E-state index contributed by atoms with van der Waals surface area (Å²) in [5.74, 6) is 1.58. The molecule has 1 aliphatic rings. The molecule has 0 spiro atoms. The third-order valence-electron chi connectivity index (χ3n) is 3.43. The quantitative estimate of drug-likeness (QED) is 0.849. The molecule has 7 heteroatoms. The number of hydrogen-bond acceptors (Lipinski definition) is 6. The molecule has 3 N–H and O–H groups in total. The van der Waals surface area contributed by atoms with Crippen molar-refractivity contribution in [3.8, 4) is 0 Å². The van der Waals surface area contributed by atoms with Crippen LogP contribution < -0.4 is 10.6 Å². The molecule has 1 unspecified atom stereocenters. The summed E-state index contributed by atoms with van der Waals surface area (Å²) in [4.78, 5) is 17.7. The van der Waals surface area contributed by atoms with Crippen LogP contribution in [-0.2, 0) is 4.74 Å². The predicted octanol–water partition coefficient (Wildman–Crippen LogP) is 0.798. The summed E-state index contributed by atoms with van der Waals surface area (Å²) in [5, 5.41) is 0. The van der Waals surface area contributed by atoms with Crippen LogP contribution in [0.5, 0.6) is 0 Å². The molecule has 1 atom stereocenters. The Balaban J connectivity index is 1.83. The molecule has 0 saturated carbocycles. The fourth-order valence-electron chi connectivity index (χ4n) is 2.54. The maximum atomic E-state index is 5.73. The van der Waals surface area contributed by atoms with Gasteiger partial charge in [-0.1, -0.05) is 0 Å². The maximum absolute atomic E-state index is 5.73. The van der Waals surface area contributed by atoms with Gasteiger partial charge in [0.05, 0.1) is 12.9 Å². The summed E-state index contributed by atoms with van der Waals surface area (Å²) in [6.45, 7) is 2.59. The van der Waals surface area contributed by atoms with E-state index in [0.717, 1.165) is 37.5 Å². The van der Waals surface area contributed by atoms with Gasteiger partial charge in [-0.3, -0.25) is 0 Å². The number of H-pyrrole nitrogens is 1. The minimum atomic E-state index is 0.251. The second-order valence-corrected chi connectivity index (χ2v) is 4.97. The van der Waals surface area contributed by atoms with E-state index in [2.05, 4.69) is 24.8 Å². The van der Waals surface area contributed by atoms with Crippen LogP contribution in [0.15, 0.2) is 6.33 Å². The van der Waals surface area contributed by atoms with Crippen molar-refractivity contribution in [3.63, 3.8) is 0 Å². The van der Waals surface area contributed by atoms with Crippen molar-refractivity contribution in [2.45, 2.75) is 12.8 Å². The number of ether oxygens (including phenoxy) is 1. The van der Waals surface area contributed by atoms with Gasteiger partial charge in [-0.05, 0) is 18.8 Å². The van der Waals surface area contributed by atoms with Crippen molar-refractivity contribution in [3.05, 3.63) is 6.33 Å². The first-order valence-electron chi connectivity index (χ1n) is 6.49. The SMILES string of the molecule is CN(CC1CCCOC1)c1nc(N)nc2nc[nH]c12. The molecular weight excluding hydrogens is 244 g/mol. The number of imidazole rings is 1. The van der Waals surface area contributed by atoms with E-state index in [1.165, 1.54) is 6.42 Å². The second-order valence-electron chi connectivity index (χ2n) is 4.97. The standard InChI is InChI=1S/C12H18N6O/c1-18(5-8-3-2-4-19-6-8)11-9-10(15-7-14-9)16-12(13)17-11/h7-8H,2-6H2,1H3,(H3,13,14,15,16,17). The monoisotopic (exact) mass is 262 g/mol. The van der Waals surface area contributed by atoms with Gasteiger partial charge in [0, 0.05) is 20.2 Å². The molecule has 0 amide bonds. The van der Waals surface area contributed by atoms with Gasteiger partial charge in [-0.15, -0.1) is 0 Å². The van der Waals surface area contributed by atoms with Crippen molar-refractivity contribution in [2.24, 2.45) is 5.92 Å². The topological polar surface area (TPSA) is 92.9 Å². The number of nitrogens with two attached hydrogens (primary N) is 1. The Morgan fingerprint density at radius 3 is 3.21 bits per heavy atom. The number of nitrogens with one attached hydrogen (secondary N) is 1. The first-order chi connectivity index (χ1) is 9.24. The van der Waals surface area contributed by atoms with Crippen LogP contribution in [0.25, 0.3) is 11.2 Å². The predicted molar refractivity (Wildman–Crippen MR) is 72.9 cm³/mol. The molecule has 1 saturated heterocycles. The number of rotatable bonds is 3. The van der Waals surface area contributed by atoms with Gasteiger partial charge in [0.1, 0.15) is 5.52 Å². The molecule has 7 nitrogen and oxygen atoms in total. The van der Waals surface area contributed by atoms with Gasteiger partial charge < -0.3 is 20.4 Å². The van der Waals surface area contributed by atoms with Crippen LogP contribution in [0.3, 0.4) is 0 Å². The summed E-state index contributed by atoms with van der Waals surface area (Å²) in [5.41, 5.74) is 7.16. The Morgan fingerprint density at radius 2 is 2.42 bits per heavy atom. The first kappa shape index (κ1) is 12.2. The molecule has 0 radical (unpaired) electrons. The Kier molecular flexibility index (Phi) is 3.20. The molecule has 3 rings (SSSR count). The minimum Gasteiger partial charge on any atom is -0.381 e.